The number of aromatic carboxylic acids is 1. The highest BCUT2D eigenvalue weighted by Gasteiger charge is 2.25. The molecule has 1 atom stereocenters. The first-order valence-electron chi connectivity index (χ1n) is 8.48. The van der Waals surface area contributed by atoms with Crippen molar-refractivity contribution in [3.05, 3.63) is 65.5 Å². The quantitative estimate of drug-likeness (QED) is 0.624. The highest BCUT2D eigenvalue weighted by atomic mass is 19.1. The van der Waals surface area contributed by atoms with E-state index in [1.54, 1.807) is 50.2 Å². The third-order valence-corrected chi connectivity index (χ3v) is 4.05. The number of benzene rings is 2. The summed E-state index contributed by atoms with van der Waals surface area (Å²) in [6, 6.07) is 13.1. The van der Waals surface area contributed by atoms with Crippen molar-refractivity contribution in [3.8, 4) is 17.1 Å². The molecule has 27 heavy (non-hydrogen) atoms. The smallest absolute Gasteiger partial charge is 0.343 e. The van der Waals surface area contributed by atoms with Gasteiger partial charge in [-0.1, -0.05) is 41.6 Å². The lowest BCUT2D eigenvalue weighted by molar-refractivity contribution is 0.0698. The minimum absolute atomic E-state index is 0.0699. The molecule has 0 aliphatic rings. The average molecular weight is 370 g/mol. The summed E-state index contributed by atoms with van der Waals surface area (Å²) in [7, 11) is 0. The number of ether oxygens (including phenoxy) is 1. The second-order valence-corrected chi connectivity index (χ2v) is 5.90. The second-order valence-electron chi connectivity index (χ2n) is 5.90. The molecule has 3 aromatic rings. The summed E-state index contributed by atoms with van der Waals surface area (Å²) in [5.74, 6) is -1.22. The number of carboxylic acid groups (broad SMARTS) is 1. The maximum absolute atomic E-state index is 14.1. The predicted octanol–water partition coefficient (Wildman–Crippen LogP) is 4.75. The van der Waals surface area contributed by atoms with Gasteiger partial charge in [-0.3, -0.25) is 0 Å². The molecule has 2 N–H and O–H groups in total. The van der Waals surface area contributed by atoms with Gasteiger partial charge in [0.15, 0.2) is 28.7 Å². The first-order valence-corrected chi connectivity index (χ1v) is 8.48. The van der Waals surface area contributed by atoms with Crippen LogP contribution in [0.4, 0.5) is 10.2 Å². The number of nitrogens with zero attached hydrogens (tertiary/aromatic N) is 1. The number of carboxylic acids is 1. The Hall–Kier alpha value is -3.35. The van der Waals surface area contributed by atoms with E-state index in [0.717, 1.165) is 0 Å². The lowest BCUT2D eigenvalue weighted by atomic mass is 10.1. The monoisotopic (exact) mass is 370 g/mol. The first kappa shape index (κ1) is 18.4. The standard InChI is InChI=1S/C20H19FN2O4/c1-3-26-16-10-9-14(11-15(16)21)12(2)22-19-17(20(24)25)18(27-23-19)13-7-5-4-6-8-13/h4-12H,3H2,1-2H3,(H,22,23)(H,24,25). The molecule has 1 heterocycles. The molecule has 140 valence electrons. The van der Waals surface area contributed by atoms with Crippen molar-refractivity contribution in [1.29, 1.82) is 0 Å². The van der Waals surface area contributed by atoms with Crippen molar-refractivity contribution in [2.24, 2.45) is 0 Å². The Morgan fingerprint density at radius 3 is 2.67 bits per heavy atom. The fraction of sp³-hybridized carbons (Fsp3) is 0.200. The van der Waals surface area contributed by atoms with Gasteiger partial charge in [0.25, 0.3) is 0 Å². The summed E-state index contributed by atoms with van der Waals surface area (Å²) < 4.78 is 24.5. The summed E-state index contributed by atoms with van der Waals surface area (Å²) in [6.45, 7) is 3.92. The van der Waals surface area contributed by atoms with Gasteiger partial charge < -0.3 is 19.7 Å². The van der Waals surface area contributed by atoms with Gasteiger partial charge in [0.1, 0.15) is 0 Å². The van der Waals surface area contributed by atoms with Crippen LogP contribution in [0.2, 0.25) is 0 Å². The fourth-order valence-electron chi connectivity index (χ4n) is 2.72. The molecule has 0 saturated carbocycles. The van der Waals surface area contributed by atoms with Crippen LogP contribution in [0.15, 0.2) is 53.1 Å². The Labute approximate surface area is 155 Å². The first-order chi connectivity index (χ1) is 13.0. The molecule has 1 aromatic heterocycles. The largest absolute Gasteiger partial charge is 0.491 e. The molecule has 0 saturated heterocycles. The second kappa shape index (κ2) is 7.90. The molecule has 0 radical (unpaired) electrons. The number of nitrogens with one attached hydrogen (secondary N) is 1. The van der Waals surface area contributed by atoms with Gasteiger partial charge in [-0.15, -0.1) is 0 Å². The summed E-state index contributed by atoms with van der Waals surface area (Å²) in [5, 5.41) is 16.5. The maximum atomic E-state index is 14.1. The van der Waals surface area contributed by atoms with Crippen LogP contribution in [-0.2, 0) is 0 Å². The van der Waals surface area contributed by atoms with Gasteiger partial charge in [-0.05, 0) is 31.5 Å². The van der Waals surface area contributed by atoms with Crippen molar-refractivity contribution >= 4 is 11.8 Å². The third kappa shape index (κ3) is 3.92. The van der Waals surface area contributed by atoms with Gasteiger partial charge >= 0.3 is 5.97 Å². The molecular formula is C20H19FN2O4. The van der Waals surface area contributed by atoms with E-state index in [2.05, 4.69) is 10.5 Å². The molecule has 0 aliphatic carbocycles. The van der Waals surface area contributed by atoms with Gasteiger partial charge in [-0.25, -0.2) is 9.18 Å². The molecule has 0 spiro atoms. The van der Waals surface area contributed by atoms with Crippen LogP contribution in [0.25, 0.3) is 11.3 Å². The van der Waals surface area contributed by atoms with E-state index in [4.69, 9.17) is 9.26 Å². The lowest BCUT2D eigenvalue weighted by Gasteiger charge is -2.15. The van der Waals surface area contributed by atoms with Gasteiger partial charge in [0.05, 0.1) is 12.6 Å². The number of hydrogen-bond acceptors (Lipinski definition) is 5. The molecule has 0 bridgehead atoms. The highest BCUT2D eigenvalue weighted by molar-refractivity contribution is 5.99. The van der Waals surface area contributed by atoms with E-state index in [0.29, 0.717) is 17.7 Å². The fourth-order valence-corrected chi connectivity index (χ4v) is 2.72. The lowest BCUT2D eigenvalue weighted by Crippen LogP contribution is -2.11. The van der Waals surface area contributed by atoms with Crippen LogP contribution < -0.4 is 10.1 Å². The zero-order valence-electron chi connectivity index (χ0n) is 14.9. The Morgan fingerprint density at radius 1 is 1.30 bits per heavy atom. The number of carbonyl (C=O) groups is 1. The van der Waals surface area contributed by atoms with Gasteiger partial charge in [-0.2, -0.15) is 0 Å². The van der Waals surface area contributed by atoms with E-state index in [-0.39, 0.29) is 22.9 Å². The SMILES string of the molecule is CCOc1ccc(C(C)Nc2noc(-c3ccccc3)c2C(=O)O)cc1F. The van der Waals surface area contributed by atoms with Crippen LogP contribution in [0.5, 0.6) is 5.75 Å². The number of anilines is 1. The Balaban J connectivity index is 1.88. The Morgan fingerprint density at radius 2 is 2.04 bits per heavy atom. The summed E-state index contributed by atoms with van der Waals surface area (Å²) in [6.07, 6.45) is 0. The van der Waals surface area contributed by atoms with E-state index < -0.39 is 17.8 Å². The van der Waals surface area contributed by atoms with Crippen LogP contribution in [0.3, 0.4) is 0 Å². The van der Waals surface area contributed by atoms with E-state index in [1.807, 2.05) is 6.07 Å². The minimum Gasteiger partial charge on any atom is -0.491 e. The molecule has 1 unspecified atom stereocenters. The third-order valence-electron chi connectivity index (χ3n) is 4.05. The van der Waals surface area contributed by atoms with Crippen molar-refractivity contribution in [1.82, 2.24) is 5.16 Å². The van der Waals surface area contributed by atoms with Crippen molar-refractivity contribution in [2.45, 2.75) is 19.9 Å². The normalized spacial score (nSPS) is 11.8. The molecule has 0 fully saturated rings. The highest BCUT2D eigenvalue weighted by Crippen LogP contribution is 2.32. The molecular weight excluding hydrogens is 351 g/mol. The van der Waals surface area contributed by atoms with Gasteiger partial charge in [0, 0.05) is 5.56 Å². The average Bonchev–Trinajstić information content (AvgIpc) is 3.08. The van der Waals surface area contributed by atoms with Crippen molar-refractivity contribution in [3.63, 3.8) is 0 Å². The maximum Gasteiger partial charge on any atom is 0.343 e. The molecule has 6 nitrogen and oxygen atoms in total. The van der Waals surface area contributed by atoms with Crippen LogP contribution in [0.1, 0.15) is 35.8 Å². The zero-order valence-corrected chi connectivity index (χ0v) is 14.9. The van der Waals surface area contributed by atoms with E-state index in [1.165, 1.54) is 6.07 Å². The molecule has 7 heteroatoms. The Kier molecular flexibility index (Phi) is 5.40. The number of aromatic nitrogens is 1. The number of halogens is 1. The molecule has 3 rings (SSSR count). The predicted molar refractivity (Wildman–Crippen MR) is 98.5 cm³/mol. The zero-order chi connectivity index (χ0) is 19.4. The van der Waals surface area contributed by atoms with Crippen LogP contribution in [0, 0.1) is 5.82 Å². The summed E-state index contributed by atoms with van der Waals surface area (Å²) in [5.41, 5.74) is 1.16. The van der Waals surface area contributed by atoms with E-state index >= 15 is 0 Å². The van der Waals surface area contributed by atoms with Crippen molar-refractivity contribution < 1.29 is 23.6 Å². The summed E-state index contributed by atoms with van der Waals surface area (Å²) >= 11 is 0. The molecule has 0 amide bonds. The molecule has 2 aromatic carbocycles. The number of rotatable bonds is 7. The van der Waals surface area contributed by atoms with Crippen LogP contribution in [-0.4, -0.2) is 22.8 Å². The minimum atomic E-state index is -1.16. The number of hydrogen-bond donors (Lipinski definition) is 2. The van der Waals surface area contributed by atoms with E-state index in [9.17, 15) is 14.3 Å². The topological polar surface area (TPSA) is 84.6 Å². The Bertz CT molecular complexity index is 940. The van der Waals surface area contributed by atoms with Crippen molar-refractivity contribution in [2.75, 3.05) is 11.9 Å². The van der Waals surface area contributed by atoms with Crippen LogP contribution >= 0.6 is 0 Å². The van der Waals surface area contributed by atoms with Gasteiger partial charge in [0.2, 0.25) is 0 Å². The molecule has 0 aliphatic heterocycles. The summed E-state index contributed by atoms with van der Waals surface area (Å²) in [4.78, 5) is 11.7.